The van der Waals surface area contributed by atoms with E-state index in [0.717, 1.165) is 0 Å². The highest BCUT2D eigenvalue weighted by molar-refractivity contribution is 7.89. The van der Waals surface area contributed by atoms with Crippen molar-refractivity contribution in [1.82, 2.24) is 4.98 Å². The molecule has 3 aromatic rings. The van der Waals surface area contributed by atoms with E-state index >= 15 is 0 Å². The van der Waals surface area contributed by atoms with Crippen LogP contribution in [0.4, 0.5) is 0 Å². The summed E-state index contributed by atoms with van der Waals surface area (Å²) in [6, 6.07) is 10.8. The average Bonchev–Trinajstić information content (AvgIpc) is 3.06. The Bertz CT molecular complexity index is 1160. The molecule has 10 heteroatoms. The molecular weight excluding hydrogens is 427 g/mol. The quantitative estimate of drug-likeness (QED) is 0.597. The second kappa shape index (κ2) is 7.92. The lowest BCUT2D eigenvalue weighted by molar-refractivity contribution is -0.137. The number of carbonyl (C=O) groups is 1. The Morgan fingerprint density at radius 2 is 1.86 bits per heavy atom. The van der Waals surface area contributed by atoms with Gasteiger partial charge >= 0.3 is 5.97 Å². The maximum Gasteiger partial charge on any atom is 0.303 e. The topological polar surface area (TPSA) is 123 Å². The van der Waals surface area contributed by atoms with Gasteiger partial charge in [0.25, 0.3) is 0 Å². The van der Waals surface area contributed by atoms with E-state index in [-0.39, 0.29) is 40.0 Å². The summed E-state index contributed by atoms with van der Waals surface area (Å²) in [6.07, 6.45) is -0.168. The molecule has 3 rings (SSSR count). The number of halogens is 2. The fraction of sp³-hybridized carbons (Fsp3) is 0.111. The molecule has 0 unspecified atom stereocenters. The zero-order chi connectivity index (χ0) is 20.5. The smallest absolute Gasteiger partial charge is 0.303 e. The molecule has 7 nitrogen and oxygen atoms in total. The first kappa shape index (κ1) is 20.3. The highest BCUT2D eigenvalue weighted by Crippen LogP contribution is 2.38. The number of hydrogen-bond donors (Lipinski definition) is 2. The number of hydrogen-bond acceptors (Lipinski definition) is 5. The lowest BCUT2D eigenvalue weighted by atomic mass is 10.1. The van der Waals surface area contributed by atoms with Gasteiger partial charge in [0.15, 0.2) is 11.7 Å². The Morgan fingerprint density at radius 3 is 2.50 bits per heavy atom. The summed E-state index contributed by atoms with van der Waals surface area (Å²) in [5.74, 6) is -0.730. The number of sulfonamides is 1. The first-order chi connectivity index (χ1) is 13.2. The van der Waals surface area contributed by atoms with Crippen molar-refractivity contribution in [2.24, 2.45) is 5.14 Å². The molecule has 1 aromatic heterocycles. The van der Waals surface area contributed by atoms with Crippen molar-refractivity contribution in [1.29, 1.82) is 0 Å². The number of rotatable bonds is 6. The number of carboxylic acids is 1. The van der Waals surface area contributed by atoms with Crippen LogP contribution in [0.5, 0.6) is 0 Å². The number of benzene rings is 2. The second-order valence-electron chi connectivity index (χ2n) is 5.85. The van der Waals surface area contributed by atoms with Crippen molar-refractivity contribution >= 4 is 39.2 Å². The van der Waals surface area contributed by atoms with E-state index in [1.165, 1.54) is 18.2 Å². The normalized spacial score (nSPS) is 11.5. The molecule has 0 saturated heterocycles. The SMILES string of the molecule is NS(=O)(=O)c1ccccc1-c1oc(CCC(=O)O)nc1-c1ccc(Cl)c(Cl)c1. The maximum absolute atomic E-state index is 12.0. The van der Waals surface area contributed by atoms with Gasteiger partial charge in [0, 0.05) is 17.5 Å². The van der Waals surface area contributed by atoms with E-state index in [1.54, 1.807) is 24.3 Å². The first-order valence-electron chi connectivity index (χ1n) is 7.96. The Kier molecular flexibility index (Phi) is 5.76. The number of aromatic nitrogens is 1. The fourth-order valence-electron chi connectivity index (χ4n) is 2.61. The summed E-state index contributed by atoms with van der Waals surface area (Å²) in [4.78, 5) is 15.1. The molecule has 0 amide bonds. The monoisotopic (exact) mass is 440 g/mol. The van der Waals surface area contributed by atoms with Crippen molar-refractivity contribution < 1.29 is 22.7 Å². The van der Waals surface area contributed by atoms with Gasteiger partial charge in [-0.25, -0.2) is 18.5 Å². The Balaban J connectivity index is 2.22. The minimum atomic E-state index is -4.04. The Hall–Kier alpha value is -2.39. The highest BCUT2D eigenvalue weighted by Gasteiger charge is 2.23. The standard InChI is InChI=1S/C18H14Cl2N2O5S/c19-12-6-5-10(9-13(12)20)17-18(27-15(22-17)7-8-16(23)24)11-3-1-2-4-14(11)28(21,25)26/h1-6,9H,7-8H2,(H,23,24)(H2,21,25,26). The molecule has 0 radical (unpaired) electrons. The Morgan fingerprint density at radius 1 is 1.14 bits per heavy atom. The van der Waals surface area contributed by atoms with Gasteiger partial charge in [-0.2, -0.15) is 0 Å². The van der Waals surface area contributed by atoms with Crippen molar-refractivity contribution in [3.05, 3.63) is 58.4 Å². The Labute approximate surface area is 170 Å². The maximum atomic E-state index is 12.0. The van der Waals surface area contributed by atoms with E-state index < -0.39 is 16.0 Å². The lowest BCUT2D eigenvalue weighted by Crippen LogP contribution is -2.13. The molecule has 0 aliphatic carbocycles. The molecule has 0 atom stereocenters. The zero-order valence-corrected chi connectivity index (χ0v) is 16.6. The van der Waals surface area contributed by atoms with Crippen LogP contribution in [0.2, 0.25) is 10.0 Å². The molecule has 2 aromatic carbocycles. The number of aliphatic carboxylic acids is 1. The minimum absolute atomic E-state index is 0.0290. The van der Waals surface area contributed by atoms with Crippen LogP contribution in [0.15, 0.2) is 51.8 Å². The molecule has 0 saturated carbocycles. The molecule has 0 fully saturated rings. The lowest BCUT2D eigenvalue weighted by Gasteiger charge is -2.07. The molecule has 0 bridgehead atoms. The molecule has 0 aliphatic heterocycles. The summed E-state index contributed by atoms with van der Waals surface area (Å²) in [5.41, 5.74) is 1.04. The summed E-state index contributed by atoms with van der Waals surface area (Å²) in [5, 5.41) is 14.8. The van der Waals surface area contributed by atoms with Gasteiger partial charge in [0.1, 0.15) is 5.69 Å². The van der Waals surface area contributed by atoms with E-state index in [9.17, 15) is 13.2 Å². The van der Waals surface area contributed by atoms with Crippen LogP contribution in [0.3, 0.4) is 0 Å². The van der Waals surface area contributed by atoms with Crippen molar-refractivity contribution in [3.8, 4) is 22.6 Å². The molecule has 3 N–H and O–H groups in total. The van der Waals surface area contributed by atoms with Crippen molar-refractivity contribution in [3.63, 3.8) is 0 Å². The number of carboxylic acid groups (broad SMARTS) is 1. The average molecular weight is 441 g/mol. The second-order valence-corrected chi connectivity index (χ2v) is 8.19. The summed E-state index contributed by atoms with van der Waals surface area (Å²) in [7, 11) is -4.04. The van der Waals surface area contributed by atoms with Gasteiger partial charge in [-0.05, 0) is 24.3 Å². The van der Waals surface area contributed by atoms with Gasteiger partial charge < -0.3 is 9.52 Å². The number of oxazole rings is 1. The highest BCUT2D eigenvalue weighted by atomic mass is 35.5. The van der Waals surface area contributed by atoms with Crippen LogP contribution in [0, 0.1) is 0 Å². The van der Waals surface area contributed by atoms with Gasteiger partial charge in [0.05, 0.1) is 21.4 Å². The van der Waals surface area contributed by atoms with Crippen LogP contribution < -0.4 is 5.14 Å². The van der Waals surface area contributed by atoms with Gasteiger partial charge in [0.2, 0.25) is 10.0 Å². The van der Waals surface area contributed by atoms with Gasteiger partial charge in [-0.1, -0.05) is 41.4 Å². The third-order valence-electron chi connectivity index (χ3n) is 3.86. The molecule has 1 heterocycles. The number of primary sulfonamides is 1. The largest absolute Gasteiger partial charge is 0.481 e. The minimum Gasteiger partial charge on any atom is -0.481 e. The van der Waals surface area contributed by atoms with Crippen LogP contribution in [0.25, 0.3) is 22.6 Å². The van der Waals surface area contributed by atoms with Gasteiger partial charge in [-0.3, -0.25) is 4.79 Å². The van der Waals surface area contributed by atoms with Crippen molar-refractivity contribution in [2.45, 2.75) is 17.7 Å². The van der Waals surface area contributed by atoms with E-state index in [0.29, 0.717) is 16.3 Å². The third kappa shape index (κ3) is 4.36. The summed E-state index contributed by atoms with van der Waals surface area (Å²) in [6.45, 7) is 0. The van der Waals surface area contributed by atoms with E-state index in [4.69, 9.17) is 37.9 Å². The predicted molar refractivity (Wildman–Crippen MR) is 105 cm³/mol. The number of aryl methyl sites for hydroxylation is 1. The number of nitrogens with two attached hydrogens (primary N) is 1. The predicted octanol–water partition coefficient (Wildman–Crippen LogP) is 3.98. The van der Waals surface area contributed by atoms with E-state index in [1.807, 2.05) is 0 Å². The first-order valence-corrected chi connectivity index (χ1v) is 10.3. The molecule has 146 valence electrons. The van der Waals surface area contributed by atoms with Crippen molar-refractivity contribution in [2.75, 3.05) is 0 Å². The van der Waals surface area contributed by atoms with Crippen LogP contribution in [0.1, 0.15) is 12.3 Å². The van der Waals surface area contributed by atoms with E-state index in [2.05, 4.69) is 4.98 Å². The van der Waals surface area contributed by atoms with Crippen LogP contribution in [-0.4, -0.2) is 24.5 Å². The number of nitrogens with zero attached hydrogens (tertiary/aromatic N) is 1. The fourth-order valence-corrected chi connectivity index (χ4v) is 3.64. The summed E-state index contributed by atoms with van der Waals surface area (Å²) < 4.78 is 29.7. The summed E-state index contributed by atoms with van der Waals surface area (Å²) >= 11 is 12.1. The van der Waals surface area contributed by atoms with Crippen LogP contribution in [-0.2, 0) is 21.2 Å². The molecule has 28 heavy (non-hydrogen) atoms. The van der Waals surface area contributed by atoms with Crippen LogP contribution >= 0.6 is 23.2 Å². The molecular formula is C18H14Cl2N2O5S. The zero-order valence-electron chi connectivity index (χ0n) is 14.2. The molecule has 0 aliphatic rings. The third-order valence-corrected chi connectivity index (χ3v) is 5.56. The van der Waals surface area contributed by atoms with Gasteiger partial charge in [-0.15, -0.1) is 0 Å². The molecule has 0 spiro atoms.